The maximum absolute atomic E-state index is 12.2. The lowest BCUT2D eigenvalue weighted by Crippen LogP contribution is -2.55. The number of alkyl halides is 1. The second-order valence-corrected chi connectivity index (χ2v) is 5.83. The molecule has 1 aromatic rings. The molecular formula is C15H18ClNO. The van der Waals surface area contributed by atoms with E-state index in [1.807, 2.05) is 6.07 Å². The zero-order valence-electron chi connectivity index (χ0n) is 10.5. The largest absolute Gasteiger partial charge is 0.345 e. The Morgan fingerprint density at radius 1 is 1.22 bits per heavy atom. The van der Waals surface area contributed by atoms with Gasteiger partial charge in [-0.2, -0.15) is 0 Å². The lowest BCUT2D eigenvalue weighted by Gasteiger charge is -2.41. The maximum Gasteiger partial charge on any atom is 0.251 e. The van der Waals surface area contributed by atoms with Crippen LogP contribution in [0.3, 0.4) is 0 Å². The number of amides is 1. The number of carbonyl (C=O) groups excluding carboxylic acids is 1. The molecule has 1 N–H and O–H groups in total. The maximum atomic E-state index is 12.2. The summed E-state index contributed by atoms with van der Waals surface area (Å²) in [7, 11) is 0. The highest BCUT2D eigenvalue weighted by Gasteiger charge is 2.37. The highest BCUT2D eigenvalue weighted by Crippen LogP contribution is 2.33. The Bertz CT molecular complexity index is 474. The van der Waals surface area contributed by atoms with Gasteiger partial charge in [-0.25, -0.2) is 0 Å². The van der Waals surface area contributed by atoms with E-state index in [0.717, 1.165) is 37.7 Å². The van der Waals surface area contributed by atoms with Crippen LogP contribution in [0, 0.1) is 0 Å². The molecule has 1 fully saturated rings. The number of benzene rings is 1. The SMILES string of the molecule is O=C(NC1(CCl)CCC1)c1ccc2c(c1)CCC2. The summed E-state index contributed by atoms with van der Waals surface area (Å²) in [5.41, 5.74) is 3.39. The normalized spacial score (nSPS) is 20.1. The van der Waals surface area contributed by atoms with Gasteiger partial charge in [0, 0.05) is 11.4 Å². The number of rotatable bonds is 3. The van der Waals surface area contributed by atoms with E-state index >= 15 is 0 Å². The van der Waals surface area contributed by atoms with Gasteiger partial charge in [-0.3, -0.25) is 4.79 Å². The Morgan fingerprint density at radius 2 is 2.00 bits per heavy atom. The van der Waals surface area contributed by atoms with Crippen LogP contribution in [-0.2, 0) is 12.8 Å². The molecule has 2 aliphatic carbocycles. The van der Waals surface area contributed by atoms with Crippen molar-refractivity contribution in [2.75, 3.05) is 5.88 Å². The Morgan fingerprint density at radius 3 is 2.67 bits per heavy atom. The average Bonchev–Trinajstić information content (AvgIpc) is 2.80. The summed E-state index contributed by atoms with van der Waals surface area (Å²) in [6, 6.07) is 6.10. The molecule has 3 heteroatoms. The third-order valence-electron chi connectivity index (χ3n) is 4.31. The summed E-state index contributed by atoms with van der Waals surface area (Å²) in [4.78, 5) is 12.2. The van der Waals surface area contributed by atoms with Crippen molar-refractivity contribution >= 4 is 17.5 Å². The number of hydrogen-bond donors (Lipinski definition) is 1. The Kier molecular flexibility index (Phi) is 3.06. The fourth-order valence-corrected chi connectivity index (χ4v) is 3.26. The first-order chi connectivity index (χ1) is 8.72. The monoisotopic (exact) mass is 263 g/mol. The molecule has 0 bridgehead atoms. The Labute approximate surface area is 113 Å². The number of fused-ring (bicyclic) bond motifs is 1. The number of halogens is 1. The Balaban J connectivity index is 1.76. The fourth-order valence-electron chi connectivity index (χ4n) is 2.92. The van der Waals surface area contributed by atoms with Gasteiger partial charge in [-0.05, 0) is 61.8 Å². The lowest BCUT2D eigenvalue weighted by molar-refractivity contribution is 0.0854. The van der Waals surface area contributed by atoms with E-state index in [-0.39, 0.29) is 11.4 Å². The molecule has 18 heavy (non-hydrogen) atoms. The molecule has 1 aromatic carbocycles. The van der Waals surface area contributed by atoms with Crippen LogP contribution in [0.1, 0.15) is 47.2 Å². The quantitative estimate of drug-likeness (QED) is 0.835. The van der Waals surface area contributed by atoms with Crippen molar-refractivity contribution in [3.63, 3.8) is 0 Å². The molecule has 96 valence electrons. The first kappa shape index (κ1) is 12.0. The van der Waals surface area contributed by atoms with Gasteiger partial charge in [0.1, 0.15) is 0 Å². The number of carbonyl (C=O) groups is 1. The van der Waals surface area contributed by atoms with Crippen molar-refractivity contribution in [1.82, 2.24) is 5.32 Å². The summed E-state index contributed by atoms with van der Waals surface area (Å²) in [5.74, 6) is 0.550. The predicted octanol–water partition coefficient (Wildman–Crippen LogP) is 3.07. The van der Waals surface area contributed by atoms with Crippen LogP contribution in [0.2, 0.25) is 0 Å². The van der Waals surface area contributed by atoms with Gasteiger partial charge in [-0.1, -0.05) is 6.07 Å². The smallest absolute Gasteiger partial charge is 0.251 e. The third-order valence-corrected chi connectivity index (χ3v) is 4.82. The minimum Gasteiger partial charge on any atom is -0.345 e. The molecule has 0 aliphatic heterocycles. The van der Waals surface area contributed by atoms with E-state index in [1.54, 1.807) is 0 Å². The predicted molar refractivity (Wildman–Crippen MR) is 73.2 cm³/mol. The molecule has 0 heterocycles. The fraction of sp³-hybridized carbons (Fsp3) is 0.533. The van der Waals surface area contributed by atoms with E-state index in [1.165, 1.54) is 17.5 Å². The topological polar surface area (TPSA) is 29.1 Å². The number of aryl methyl sites for hydroxylation is 2. The van der Waals surface area contributed by atoms with Crippen LogP contribution >= 0.6 is 11.6 Å². The molecule has 0 aromatic heterocycles. The van der Waals surface area contributed by atoms with Crippen LogP contribution in [0.25, 0.3) is 0 Å². The van der Waals surface area contributed by atoms with E-state index in [4.69, 9.17) is 11.6 Å². The van der Waals surface area contributed by atoms with Crippen molar-refractivity contribution in [3.05, 3.63) is 34.9 Å². The van der Waals surface area contributed by atoms with Gasteiger partial charge in [-0.15, -0.1) is 11.6 Å². The highest BCUT2D eigenvalue weighted by molar-refractivity contribution is 6.19. The van der Waals surface area contributed by atoms with Crippen LogP contribution in [0.15, 0.2) is 18.2 Å². The third kappa shape index (κ3) is 2.03. The molecule has 0 atom stereocenters. The van der Waals surface area contributed by atoms with Crippen LogP contribution in [0.4, 0.5) is 0 Å². The summed E-state index contributed by atoms with van der Waals surface area (Å²) in [6.07, 6.45) is 6.66. The van der Waals surface area contributed by atoms with E-state index in [0.29, 0.717) is 5.88 Å². The minimum atomic E-state index is -0.141. The van der Waals surface area contributed by atoms with Crippen molar-refractivity contribution in [1.29, 1.82) is 0 Å². The van der Waals surface area contributed by atoms with Gasteiger partial charge in [0.05, 0.1) is 5.54 Å². The molecule has 1 amide bonds. The summed E-state index contributed by atoms with van der Waals surface area (Å²) < 4.78 is 0. The summed E-state index contributed by atoms with van der Waals surface area (Å²) in [5, 5.41) is 3.12. The average molecular weight is 264 g/mol. The van der Waals surface area contributed by atoms with Crippen molar-refractivity contribution < 1.29 is 4.79 Å². The molecular weight excluding hydrogens is 246 g/mol. The Hall–Kier alpha value is -1.02. The van der Waals surface area contributed by atoms with Crippen LogP contribution in [-0.4, -0.2) is 17.3 Å². The van der Waals surface area contributed by atoms with Crippen LogP contribution < -0.4 is 5.32 Å². The van der Waals surface area contributed by atoms with Crippen molar-refractivity contribution in [2.24, 2.45) is 0 Å². The zero-order valence-corrected chi connectivity index (χ0v) is 11.2. The lowest BCUT2D eigenvalue weighted by atomic mass is 9.78. The molecule has 2 aliphatic rings. The van der Waals surface area contributed by atoms with E-state index in [2.05, 4.69) is 17.4 Å². The zero-order chi connectivity index (χ0) is 12.6. The second kappa shape index (κ2) is 4.58. The first-order valence-corrected chi connectivity index (χ1v) is 7.26. The summed E-state index contributed by atoms with van der Waals surface area (Å²) >= 11 is 5.97. The van der Waals surface area contributed by atoms with Gasteiger partial charge in [0.2, 0.25) is 0 Å². The van der Waals surface area contributed by atoms with Gasteiger partial charge < -0.3 is 5.32 Å². The van der Waals surface area contributed by atoms with E-state index in [9.17, 15) is 4.79 Å². The van der Waals surface area contributed by atoms with Crippen molar-refractivity contribution in [3.8, 4) is 0 Å². The molecule has 2 nitrogen and oxygen atoms in total. The van der Waals surface area contributed by atoms with Gasteiger partial charge in [0.25, 0.3) is 5.91 Å². The molecule has 0 spiro atoms. The molecule has 3 rings (SSSR count). The van der Waals surface area contributed by atoms with Crippen LogP contribution in [0.5, 0.6) is 0 Å². The van der Waals surface area contributed by atoms with E-state index < -0.39 is 0 Å². The first-order valence-electron chi connectivity index (χ1n) is 6.73. The molecule has 1 saturated carbocycles. The minimum absolute atomic E-state index is 0.0325. The second-order valence-electron chi connectivity index (χ2n) is 5.56. The molecule has 0 unspecified atom stereocenters. The van der Waals surface area contributed by atoms with Gasteiger partial charge >= 0.3 is 0 Å². The summed E-state index contributed by atoms with van der Waals surface area (Å²) in [6.45, 7) is 0. The van der Waals surface area contributed by atoms with Gasteiger partial charge in [0.15, 0.2) is 0 Å². The molecule has 0 radical (unpaired) electrons. The number of nitrogens with one attached hydrogen (secondary N) is 1. The standard InChI is InChI=1S/C15H18ClNO/c16-10-15(7-2-8-15)17-14(18)13-6-5-11-3-1-4-12(11)9-13/h5-6,9H,1-4,7-8,10H2,(H,17,18). The highest BCUT2D eigenvalue weighted by atomic mass is 35.5. The van der Waals surface area contributed by atoms with Crippen molar-refractivity contribution in [2.45, 2.75) is 44.1 Å². The number of hydrogen-bond acceptors (Lipinski definition) is 1. The molecule has 0 saturated heterocycles.